The summed E-state index contributed by atoms with van der Waals surface area (Å²) in [5, 5.41) is 4.98. The van der Waals surface area contributed by atoms with E-state index in [2.05, 4.69) is 56.5 Å². The molecule has 0 unspecified atom stereocenters. The minimum Gasteiger partial charge on any atom is -0.452 e. The van der Waals surface area contributed by atoms with Crippen LogP contribution in [0.4, 0.5) is 11.4 Å². The zero-order valence-electron chi connectivity index (χ0n) is 18.4. The second-order valence-corrected chi connectivity index (χ2v) is 9.44. The quantitative estimate of drug-likeness (QED) is 0.342. The number of benzene rings is 2. The highest BCUT2D eigenvalue weighted by Gasteiger charge is 2.42. The van der Waals surface area contributed by atoms with Crippen LogP contribution < -0.4 is 15.1 Å². The van der Waals surface area contributed by atoms with Gasteiger partial charge in [-0.25, -0.2) is 0 Å². The van der Waals surface area contributed by atoms with E-state index >= 15 is 0 Å². The molecule has 0 spiro atoms. The fourth-order valence-electron chi connectivity index (χ4n) is 3.99. The lowest BCUT2D eigenvalue weighted by Crippen LogP contribution is -2.29. The van der Waals surface area contributed by atoms with Crippen LogP contribution in [0, 0.1) is 0 Å². The van der Waals surface area contributed by atoms with Gasteiger partial charge in [-0.2, -0.15) is 0 Å². The summed E-state index contributed by atoms with van der Waals surface area (Å²) in [7, 11) is 4.07. The van der Waals surface area contributed by atoms with Crippen molar-refractivity contribution in [1.29, 1.82) is 0 Å². The van der Waals surface area contributed by atoms with Crippen molar-refractivity contribution in [3.8, 4) is 0 Å². The molecule has 2 aromatic carbocycles. The number of pyridine rings is 1. The normalized spacial score (nSPS) is 17.8. The van der Waals surface area contributed by atoms with Crippen LogP contribution in [0.2, 0.25) is 0 Å². The Morgan fingerprint density at radius 2 is 1.70 bits per heavy atom. The van der Waals surface area contributed by atoms with Crippen molar-refractivity contribution in [2.24, 2.45) is 0 Å². The van der Waals surface area contributed by atoms with Gasteiger partial charge in [-0.1, -0.05) is 36.0 Å². The van der Waals surface area contributed by atoms with Crippen molar-refractivity contribution in [3.63, 3.8) is 0 Å². The summed E-state index contributed by atoms with van der Waals surface area (Å²) in [6, 6.07) is 28.3. The highest BCUT2D eigenvalue weighted by molar-refractivity contribution is 7.99. The first-order chi connectivity index (χ1) is 16.1. The molecule has 1 saturated heterocycles. The van der Waals surface area contributed by atoms with Gasteiger partial charge < -0.3 is 19.5 Å². The Bertz CT molecular complexity index is 1230. The predicted octanol–water partition coefficient (Wildman–Crippen LogP) is 6.07. The molecule has 5 rings (SSSR count). The number of rotatable bonds is 6. The zero-order chi connectivity index (χ0) is 22.8. The summed E-state index contributed by atoms with van der Waals surface area (Å²) in [6.07, 6.45) is 1.81. The third kappa shape index (κ3) is 4.47. The van der Waals surface area contributed by atoms with E-state index in [4.69, 9.17) is 16.6 Å². The van der Waals surface area contributed by atoms with E-state index in [9.17, 15) is 0 Å². The molecule has 2 atom stereocenters. The number of thiocarbonyl (C=S) groups is 1. The molecular weight excluding hydrogens is 448 g/mol. The second-order valence-electron chi connectivity index (χ2n) is 7.98. The number of nitrogens with one attached hydrogen (secondary N) is 1. The van der Waals surface area contributed by atoms with Gasteiger partial charge in [0.15, 0.2) is 10.2 Å². The average molecular weight is 473 g/mol. The molecule has 0 radical (unpaired) electrons. The van der Waals surface area contributed by atoms with Gasteiger partial charge in [-0.05, 0) is 72.9 Å². The summed E-state index contributed by atoms with van der Waals surface area (Å²) < 4.78 is 6.37. The Labute approximate surface area is 203 Å². The fraction of sp³-hybridized carbons (Fsp3) is 0.154. The second kappa shape index (κ2) is 9.29. The zero-order valence-corrected chi connectivity index (χ0v) is 20.0. The van der Waals surface area contributed by atoms with Crippen LogP contribution in [0.5, 0.6) is 0 Å². The lowest BCUT2D eigenvalue weighted by Gasteiger charge is -2.26. The first-order valence-corrected chi connectivity index (χ1v) is 11.9. The van der Waals surface area contributed by atoms with Gasteiger partial charge in [0.05, 0.1) is 11.7 Å². The highest BCUT2D eigenvalue weighted by atomic mass is 32.2. The first-order valence-electron chi connectivity index (χ1n) is 10.7. The summed E-state index contributed by atoms with van der Waals surface area (Å²) in [6.45, 7) is 0. The van der Waals surface area contributed by atoms with Crippen LogP contribution in [0.1, 0.15) is 23.5 Å². The number of aromatic nitrogens is 1. The molecule has 0 saturated carbocycles. The van der Waals surface area contributed by atoms with Crippen molar-refractivity contribution in [3.05, 3.63) is 103 Å². The summed E-state index contributed by atoms with van der Waals surface area (Å²) >= 11 is 7.41. The number of nitrogens with zero attached hydrogens (tertiary/aromatic N) is 3. The van der Waals surface area contributed by atoms with E-state index in [1.165, 1.54) is 0 Å². The van der Waals surface area contributed by atoms with Gasteiger partial charge in [-0.3, -0.25) is 4.98 Å². The fourth-order valence-corrected chi connectivity index (χ4v) is 5.13. The Hall–Kier alpha value is -3.29. The third-order valence-electron chi connectivity index (χ3n) is 5.60. The Morgan fingerprint density at radius 1 is 0.939 bits per heavy atom. The molecule has 1 aliphatic rings. The number of anilines is 2. The maximum Gasteiger partial charge on any atom is 0.174 e. The van der Waals surface area contributed by atoms with Crippen molar-refractivity contribution >= 4 is 40.5 Å². The lowest BCUT2D eigenvalue weighted by molar-refractivity contribution is 0.383. The van der Waals surface area contributed by atoms with Crippen LogP contribution in [-0.4, -0.2) is 24.2 Å². The van der Waals surface area contributed by atoms with Crippen molar-refractivity contribution in [2.75, 3.05) is 23.9 Å². The summed E-state index contributed by atoms with van der Waals surface area (Å²) in [4.78, 5) is 9.95. The molecule has 4 aromatic rings. The smallest absolute Gasteiger partial charge is 0.174 e. The summed E-state index contributed by atoms with van der Waals surface area (Å²) in [5.41, 5.74) is 3.07. The molecule has 0 bridgehead atoms. The Balaban J connectivity index is 1.52. The largest absolute Gasteiger partial charge is 0.452 e. The van der Waals surface area contributed by atoms with E-state index in [0.29, 0.717) is 5.11 Å². The topological polar surface area (TPSA) is 44.5 Å². The standard InChI is InChI=1S/C26H24N4OS2/c1-29(2)18-11-13-19(14-12-18)30-25(24(28-26(30)32)21-10-6-7-17-27-21)22-15-16-23(31-22)33-20-8-4-3-5-9-20/h3-17,24-25H,1-2H3,(H,28,32)/t24-,25+/m1/s1. The van der Waals surface area contributed by atoms with Gasteiger partial charge >= 0.3 is 0 Å². The van der Waals surface area contributed by atoms with E-state index in [1.807, 2.05) is 68.8 Å². The average Bonchev–Trinajstić information content (AvgIpc) is 3.44. The maximum atomic E-state index is 6.37. The highest BCUT2D eigenvalue weighted by Crippen LogP contribution is 2.43. The van der Waals surface area contributed by atoms with Crippen LogP contribution in [0.15, 0.2) is 106 Å². The molecule has 5 nitrogen and oxygen atoms in total. The number of hydrogen-bond donors (Lipinski definition) is 1. The van der Waals surface area contributed by atoms with Crippen molar-refractivity contribution < 1.29 is 4.42 Å². The van der Waals surface area contributed by atoms with Crippen LogP contribution in [0.25, 0.3) is 0 Å². The molecule has 1 N–H and O–H groups in total. The van der Waals surface area contributed by atoms with Crippen LogP contribution in [-0.2, 0) is 0 Å². The minimum absolute atomic E-state index is 0.132. The predicted molar refractivity (Wildman–Crippen MR) is 138 cm³/mol. The molecule has 166 valence electrons. The molecule has 2 aromatic heterocycles. The Morgan fingerprint density at radius 3 is 2.39 bits per heavy atom. The van der Waals surface area contributed by atoms with Gasteiger partial charge in [0.2, 0.25) is 0 Å². The SMILES string of the molecule is CN(C)c1ccc(N2C(=S)N[C@H](c3ccccn3)[C@@H]2c2ccc(Sc3ccccc3)o2)cc1. The Kier molecular flexibility index (Phi) is 6.07. The minimum atomic E-state index is -0.164. The third-order valence-corrected chi connectivity index (χ3v) is 6.84. The van der Waals surface area contributed by atoms with Gasteiger partial charge in [0.1, 0.15) is 11.8 Å². The lowest BCUT2D eigenvalue weighted by atomic mass is 10.0. The monoisotopic (exact) mass is 472 g/mol. The molecule has 33 heavy (non-hydrogen) atoms. The molecule has 1 fully saturated rings. The first kappa shape index (κ1) is 21.6. The number of furan rings is 1. The van der Waals surface area contributed by atoms with Crippen molar-refractivity contribution in [1.82, 2.24) is 10.3 Å². The molecular formula is C26H24N4OS2. The van der Waals surface area contributed by atoms with Crippen molar-refractivity contribution in [2.45, 2.75) is 22.1 Å². The molecule has 1 aliphatic heterocycles. The van der Waals surface area contributed by atoms with E-state index in [1.54, 1.807) is 11.8 Å². The molecule has 7 heteroatoms. The molecule has 0 amide bonds. The molecule has 0 aliphatic carbocycles. The van der Waals surface area contributed by atoms with E-state index in [0.717, 1.165) is 32.8 Å². The van der Waals surface area contributed by atoms with Gasteiger partial charge in [0, 0.05) is 36.6 Å². The van der Waals surface area contributed by atoms with Gasteiger partial charge in [-0.15, -0.1) is 0 Å². The van der Waals surface area contributed by atoms with Crippen LogP contribution >= 0.6 is 24.0 Å². The summed E-state index contributed by atoms with van der Waals surface area (Å²) in [5.74, 6) is 0.841. The van der Waals surface area contributed by atoms with Gasteiger partial charge in [0.25, 0.3) is 0 Å². The van der Waals surface area contributed by atoms with E-state index in [-0.39, 0.29) is 12.1 Å². The maximum absolute atomic E-state index is 6.37. The molecule has 3 heterocycles. The number of hydrogen-bond acceptors (Lipinski definition) is 5. The van der Waals surface area contributed by atoms with E-state index < -0.39 is 0 Å². The van der Waals surface area contributed by atoms with Crippen LogP contribution in [0.3, 0.4) is 0 Å².